The van der Waals surface area contributed by atoms with E-state index in [0.717, 1.165) is 6.54 Å². The van der Waals surface area contributed by atoms with Crippen molar-refractivity contribution in [1.29, 1.82) is 0 Å². The molecule has 0 unspecified atom stereocenters. The normalized spacial score (nSPS) is 10.0. The maximum Gasteiger partial charge on any atom is 0.0714 e. The van der Waals surface area contributed by atoms with E-state index < -0.39 is 0 Å². The van der Waals surface area contributed by atoms with Gasteiger partial charge in [-0.05, 0) is 24.3 Å². The summed E-state index contributed by atoms with van der Waals surface area (Å²) < 4.78 is 1.93. The third-order valence-corrected chi connectivity index (χ3v) is 1.72. The molecule has 0 bridgehead atoms. The lowest BCUT2D eigenvalue weighted by Crippen LogP contribution is -2.11. The van der Waals surface area contributed by atoms with E-state index in [2.05, 4.69) is 16.5 Å². The molecular formula is C9H11N3. The van der Waals surface area contributed by atoms with Crippen LogP contribution in [0.5, 0.6) is 0 Å². The highest BCUT2D eigenvalue weighted by Gasteiger charge is 1.90. The van der Waals surface area contributed by atoms with E-state index in [-0.39, 0.29) is 0 Å². The average Bonchev–Trinajstić information content (AvgIpc) is 2.74. The zero-order chi connectivity index (χ0) is 8.23. The number of rotatable bonds is 3. The molecule has 0 saturated carbocycles. The third-order valence-electron chi connectivity index (χ3n) is 1.72. The lowest BCUT2D eigenvalue weighted by Gasteiger charge is -2.04. The Balaban J connectivity index is 1.91. The maximum atomic E-state index is 3.21. The summed E-state index contributed by atoms with van der Waals surface area (Å²) in [6.45, 7) is 0.821. The minimum Gasteiger partial charge on any atom is -0.363 e. The molecule has 0 aliphatic heterocycles. The van der Waals surface area contributed by atoms with Gasteiger partial charge in [0.15, 0.2) is 0 Å². The Morgan fingerprint density at radius 1 is 1.25 bits per heavy atom. The quantitative estimate of drug-likeness (QED) is 0.703. The summed E-state index contributed by atoms with van der Waals surface area (Å²) in [5.74, 6) is 0. The molecule has 3 heteroatoms. The van der Waals surface area contributed by atoms with Crippen molar-refractivity contribution < 1.29 is 0 Å². The molecule has 2 aromatic rings. The van der Waals surface area contributed by atoms with Crippen LogP contribution in [0.15, 0.2) is 42.9 Å². The van der Waals surface area contributed by atoms with Crippen LogP contribution in [-0.4, -0.2) is 9.66 Å². The minimum atomic E-state index is 0.821. The second-order valence-corrected chi connectivity index (χ2v) is 2.62. The van der Waals surface area contributed by atoms with E-state index in [1.165, 1.54) is 5.69 Å². The summed E-state index contributed by atoms with van der Waals surface area (Å²) in [4.78, 5) is 3.12. The van der Waals surface area contributed by atoms with E-state index in [1.54, 1.807) is 0 Å². The van der Waals surface area contributed by atoms with E-state index in [0.29, 0.717) is 0 Å². The van der Waals surface area contributed by atoms with Crippen LogP contribution in [-0.2, 0) is 6.54 Å². The fourth-order valence-corrected chi connectivity index (χ4v) is 1.09. The first-order valence-electron chi connectivity index (χ1n) is 3.94. The summed E-state index contributed by atoms with van der Waals surface area (Å²) in [6, 6.07) is 8.02. The summed E-state index contributed by atoms with van der Waals surface area (Å²) in [6.07, 6.45) is 5.87. The van der Waals surface area contributed by atoms with Crippen molar-refractivity contribution in [3.8, 4) is 0 Å². The molecule has 0 aliphatic carbocycles. The number of nitrogens with one attached hydrogen (secondary N) is 2. The van der Waals surface area contributed by atoms with E-state index in [9.17, 15) is 0 Å². The van der Waals surface area contributed by atoms with Crippen molar-refractivity contribution in [1.82, 2.24) is 9.66 Å². The zero-order valence-electron chi connectivity index (χ0n) is 6.70. The highest BCUT2D eigenvalue weighted by molar-refractivity contribution is 5.05. The Labute approximate surface area is 71.0 Å². The Morgan fingerprint density at radius 3 is 2.75 bits per heavy atom. The van der Waals surface area contributed by atoms with Gasteiger partial charge >= 0.3 is 0 Å². The Bertz CT molecular complexity index is 273. The van der Waals surface area contributed by atoms with Gasteiger partial charge in [-0.15, -0.1) is 0 Å². The van der Waals surface area contributed by atoms with Gasteiger partial charge in [0.2, 0.25) is 0 Å². The van der Waals surface area contributed by atoms with Crippen LogP contribution in [0, 0.1) is 0 Å². The summed E-state index contributed by atoms with van der Waals surface area (Å²) in [5, 5.41) is 0. The largest absolute Gasteiger partial charge is 0.363 e. The van der Waals surface area contributed by atoms with Crippen LogP contribution >= 0.6 is 0 Å². The van der Waals surface area contributed by atoms with E-state index in [1.807, 2.05) is 41.5 Å². The second kappa shape index (κ2) is 3.17. The third kappa shape index (κ3) is 1.50. The molecule has 0 aromatic carbocycles. The summed E-state index contributed by atoms with van der Waals surface area (Å²) in [7, 11) is 0. The number of aromatic amines is 1. The molecule has 3 nitrogen and oxygen atoms in total. The van der Waals surface area contributed by atoms with E-state index >= 15 is 0 Å². The molecular weight excluding hydrogens is 150 g/mol. The minimum absolute atomic E-state index is 0.821. The lowest BCUT2D eigenvalue weighted by atomic mass is 10.4. The topological polar surface area (TPSA) is 32.8 Å². The summed E-state index contributed by atoms with van der Waals surface area (Å²) in [5.41, 5.74) is 4.40. The molecule has 0 atom stereocenters. The van der Waals surface area contributed by atoms with Crippen molar-refractivity contribution in [3.05, 3.63) is 48.5 Å². The number of hydrogen-bond acceptors (Lipinski definition) is 1. The molecule has 0 spiro atoms. The molecule has 2 heterocycles. The van der Waals surface area contributed by atoms with Crippen molar-refractivity contribution in [2.45, 2.75) is 6.54 Å². The first-order chi connectivity index (χ1) is 5.95. The van der Waals surface area contributed by atoms with Gasteiger partial charge < -0.3 is 10.4 Å². The Hall–Kier alpha value is -1.64. The molecule has 2 N–H and O–H groups in total. The Kier molecular flexibility index (Phi) is 1.86. The van der Waals surface area contributed by atoms with Gasteiger partial charge in [0.25, 0.3) is 0 Å². The van der Waals surface area contributed by atoms with Crippen molar-refractivity contribution in [2.24, 2.45) is 0 Å². The van der Waals surface area contributed by atoms with Crippen molar-refractivity contribution in [2.75, 3.05) is 5.43 Å². The molecule has 0 fully saturated rings. The van der Waals surface area contributed by atoms with Gasteiger partial charge in [-0.1, -0.05) is 0 Å². The SMILES string of the molecule is c1c[nH]c(CNn2cccc2)c1. The van der Waals surface area contributed by atoms with Gasteiger partial charge in [0.05, 0.1) is 6.54 Å². The molecule has 2 rings (SSSR count). The first-order valence-corrected chi connectivity index (χ1v) is 3.94. The van der Waals surface area contributed by atoms with Crippen LogP contribution in [0.1, 0.15) is 5.69 Å². The molecule has 0 amide bonds. The smallest absolute Gasteiger partial charge is 0.0714 e. The highest BCUT2D eigenvalue weighted by Crippen LogP contribution is 1.94. The predicted molar refractivity (Wildman–Crippen MR) is 48.3 cm³/mol. The zero-order valence-corrected chi connectivity index (χ0v) is 6.70. The number of hydrogen-bond donors (Lipinski definition) is 2. The van der Waals surface area contributed by atoms with E-state index in [4.69, 9.17) is 0 Å². The molecule has 62 valence electrons. The van der Waals surface area contributed by atoms with Gasteiger partial charge in [-0.2, -0.15) is 0 Å². The average molecular weight is 161 g/mol. The molecule has 0 radical (unpaired) electrons. The van der Waals surface area contributed by atoms with Crippen molar-refractivity contribution >= 4 is 0 Å². The lowest BCUT2D eigenvalue weighted by molar-refractivity contribution is 0.834. The standard InChI is InChI=1S/C9H11N3/c1-2-7-12(6-1)11-8-9-4-3-5-10-9/h1-7,10-11H,8H2. The maximum absolute atomic E-state index is 3.21. The second-order valence-electron chi connectivity index (χ2n) is 2.62. The fourth-order valence-electron chi connectivity index (χ4n) is 1.09. The molecule has 2 aromatic heterocycles. The molecule has 12 heavy (non-hydrogen) atoms. The monoisotopic (exact) mass is 161 g/mol. The van der Waals surface area contributed by atoms with Crippen molar-refractivity contribution in [3.63, 3.8) is 0 Å². The predicted octanol–water partition coefficient (Wildman–Crippen LogP) is 1.56. The highest BCUT2D eigenvalue weighted by atomic mass is 15.4. The van der Waals surface area contributed by atoms with Crippen LogP contribution in [0.3, 0.4) is 0 Å². The van der Waals surface area contributed by atoms with Crippen LogP contribution in [0.25, 0.3) is 0 Å². The van der Waals surface area contributed by atoms with Crippen LogP contribution in [0.2, 0.25) is 0 Å². The number of aromatic nitrogens is 2. The van der Waals surface area contributed by atoms with Gasteiger partial charge in [-0.3, -0.25) is 4.68 Å². The number of H-pyrrole nitrogens is 1. The molecule has 0 saturated heterocycles. The summed E-state index contributed by atoms with van der Waals surface area (Å²) >= 11 is 0. The molecule has 0 aliphatic rings. The van der Waals surface area contributed by atoms with Gasteiger partial charge in [-0.25, -0.2) is 0 Å². The van der Waals surface area contributed by atoms with Crippen LogP contribution in [0.4, 0.5) is 0 Å². The van der Waals surface area contributed by atoms with Crippen LogP contribution < -0.4 is 5.43 Å². The van der Waals surface area contributed by atoms with Gasteiger partial charge in [0, 0.05) is 24.3 Å². The first kappa shape index (κ1) is 7.03. The van der Waals surface area contributed by atoms with Gasteiger partial charge in [0.1, 0.15) is 0 Å². The number of nitrogens with zero attached hydrogens (tertiary/aromatic N) is 1. The Morgan fingerprint density at radius 2 is 2.08 bits per heavy atom. The fraction of sp³-hybridized carbons (Fsp3) is 0.111.